The Morgan fingerprint density at radius 2 is 2.11 bits per heavy atom. The van der Waals surface area contributed by atoms with Crippen LogP contribution in [0.2, 0.25) is 0 Å². The number of halogens is 3. The number of hydrogen-bond acceptors (Lipinski definition) is 5. The van der Waals surface area contributed by atoms with E-state index in [-0.39, 0.29) is 24.8 Å². The molecule has 1 unspecified atom stereocenters. The van der Waals surface area contributed by atoms with E-state index in [1.54, 1.807) is 25.1 Å². The molecule has 1 aliphatic rings. The Balaban J connectivity index is 1.68. The van der Waals surface area contributed by atoms with Gasteiger partial charge in [-0.2, -0.15) is 13.2 Å². The van der Waals surface area contributed by atoms with E-state index in [0.29, 0.717) is 23.5 Å². The van der Waals surface area contributed by atoms with Crippen LogP contribution in [0.15, 0.2) is 28.9 Å². The number of alkyl halides is 3. The van der Waals surface area contributed by atoms with Crippen LogP contribution in [0.1, 0.15) is 41.9 Å². The quantitative estimate of drug-likeness (QED) is 0.678. The van der Waals surface area contributed by atoms with E-state index in [0.717, 1.165) is 9.95 Å². The molecule has 4 rings (SSSR count). The van der Waals surface area contributed by atoms with Gasteiger partial charge in [-0.1, -0.05) is 0 Å². The highest BCUT2D eigenvalue weighted by atomic mass is 19.4. The number of rotatable bonds is 3. The van der Waals surface area contributed by atoms with Crippen LogP contribution >= 0.6 is 0 Å². The second-order valence-corrected chi connectivity index (χ2v) is 6.45. The molecule has 10 heteroatoms. The van der Waals surface area contributed by atoms with Gasteiger partial charge in [0.05, 0.1) is 24.3 Å². The highest BCUT2D eigenvalue weighted by Gasteiger charge is 2.41. The molecular formula is C18H17F3N4O3. The lowest BCUT2D eigenvalue weighted by Crippen LogP contribution is -2.42. The number of amides is 1. The third kappa shape index (κ3) is 2.88. The molecule has 3 aromatic rings. The normalized spacial score (nSPS) is 17.0. The fourth-order valence-corrected chi connectivity index (χ4v) is 3.47. The summed E-state index contributed by atoms with van der Waals surface area (Å²) in [4.78, 5) is 14.6. The standard InChI is InChI=1S/C18H17F3N4O3/c1-3-27-13-8-11(9-14-12(13)4-7-28-14)16(26)24-5-6-25-15(10(24)2)22-23-17(25)18(19,20)21/h4,7-10H,3,5-6H2,1-2H3. The molecule has 1 aliphatic heterocycles. The molecule has 0 fully saturated rings. The predicted molar refractivity (Wildman–Crippen MR) is 91.9 cm³/mol. The van der Waals surface area contributed by atoms with Crippen LogP contribution in [0.25, 0.3) is 11.0 Å². The number of carbonyl (C=O) groups excluding carboxylic acids is 1. The third-order valence-corrected chi connectivity index (χ3v) is 4.78. The van der Waals surface area contributed by atoms with Crippen molar-refractivity contribution >= 4 is 16.9 Å². The molecule has 2 aromatic heterocycles. The predicted octanol–water partition coefficient (Wildman–Crippen LogP) is 3.66. The largest absolute Gasteiger partial charge is 0.493 e. The van der Waals surface area contributed by atoms with Crippen molar-refractivity contribution in [3.63, 3.8) is 0 Å². The molecule has 148 valence electrons. The number of ether oxygens (including phenoxy) is 1. The number of aromatic nitrogens is 3. The Morgan fingerprint density at radius 1 is 1.32 bits per heavy atom. The molecule has 1 amide bonds. The van der Waals surface area contributed by atoms with Crippen molar-refractivity contribution in [2.24, 2.45) is 0 Å². The van der Waals surface area contributed by atoms with Crippen LogP contribution in [-0.2, 0) is 12.7 Å². The number of carbonyl (C=O) groups is 1. The first-order valence-electron chi connectivity index (χ1n) is 8.76. The van der Waals surface area contributed by atoms with Gasteiger partial charge >= 0.3 is 6.18 Å². The van der Waals surface area contributed by atoms with Gasteiger partial charge in [-0.15, -0.1) is 10.2 Å². The van der Waals surface area contributed by atoms with E-state index in [9.17, 15) is 18.0 Å². The summed E-state index contributed by atoms with van der Waals surface area (Å²) >= 11 is 0. The molecule has 28 heavy (non-hydrogen) atoms. The summed E-state index contributed by atoms with van der Waals surface area (Å²) in [6.07, 6.45) is -3.08. The lowest BCUT2D eigenvalue weighted by atomic mass is 10.1. The Labute approximate surface area is 157 Å². The van der Waals surface area contributed by atoms with Gasteiger partial charge in [0.1, 0.15) is 11.3 Å². The first-order valence-corrected chi connectivity index (χ1v) is 8.76. The monoisotopic (exact) mass is 394 g/mol. The molecule has 3 heterocycles. The fraction of sp³-hybridized carbons (Fsp3) is 0.389. The van der Waals surface area contributed by atoms with E-state index >= 15 is 0 Å². The Bertz CT molecular complexity index is 1040. The van der Waals surface area contributed by atoms with E-state index in [1.807, 2.05) is 6.92 Å². The summed E-state index contributed by atoms with van der Waals surface area (Å²) in [5.74, 6) is -0.757. The first kappa shape index (κ1) is 18.3. The number of benzene rings is 1. The molecule has 1 atom stereocenters. The lowest BCUT2D eigenvalue weighted by Gasteiger charge is -2.34. The molecule has 0 radical (unpaired) electrons. The van der Waals surface area contributed by atoms with Crippen molar-refractivity contribution in [1.29, 1.82) is 0 Å². The summed E-state index contributed by atoms with van der Waals surface area (Å²) in [6.45, 7) is 3.95. The molecule has 7 nitrogen and oxygen atoms in total. The van der Waals surface area contributed by atoms with Gasteiger partial charge in [0.2, 0.25) is 5.82 Å². The molecule has 0 bridgehead atoms. The summed E-state index contributed by atoms with van der Waals surface area (Å²) < 4.78 is 51.2. The Hall–Kier alpha value is -3.04. The highest BCUT2D eigenvalue weighted by Crippen LogP contribution is 2.34. The van der Waals surface area contributed by atoms with Gasteiger partial charge in [-0.25, -0.2) is 0 Å². The topological polar surface area (TPSA) is 73.4 Å². The van der Waals surface area contributed by atoms with Crippen molar-refractivity contribution in [3.8, 4) is 5.75 Å². The number of hydrogen-bond donors (Lipinski definition) is 0. The molecule has 0 N–H and O–H groups in total. The minimum atomic E-state index is -4.59. The first-order chi connectivity index (χ1) is 13.3. The molecule has 0 aliphatic carbocycles. The lowest BCUT2D eigenvalue weighted by molar-refractivity contribution is -0.148. The maximum absolute atomic E-state index is 13.1. The van der Waals surface area contributed by atoms with Gasteiger partial charge in [0.25, 0.3) is 5.91 Å². The van der Waals surface area contributed by atoms with Crippen molar-refractivity contribution in [2.75, 3.05) is 13.2 Å². The highest BCUT2D eigenvalue weighted by molar-refractivity contribution is 5.99. The smallest absolute Gasteiger partial charge is 0.451 e. The molecule has 1 aromatic carbocycles. The van der Waals surface area contributed by atoms with Crippen LogP contribution in [0.3, 0.4) is 0 Å². The number of nitrogens with zero attached hydrogens (tertiary/aromatic N) is 4. The van der Waals surface area contributed by atoms with Crippen molar-refractivity contribution in [1.82, 2.24) is 19.7 Å². The van der Waals surface area contributed by atoms with Gasteiger partial charge < -0.3 is 18.6 Å². The average molecular weight is 394 g/mol. The maximum Gasteiger partial charge on any atom is 0.451 e. The minimum absolute atomic E-state index is 0.0332. The number of furan rings is 1. The van der Waals surface area contributed by atoms with E-state index in [2.05, 4.69) is 10.2 Å². The average Bonchev–Trinajstić information content (AvgIpc) is 3.28. The van der Waals surface area contributed by atoms with Gasteiger partial charge in [-0.3, -0.25) is 4.79 Å². The summed E-state index contributed by atoms with van der Waals surface area (Å²) in [7, 11) is 0. The zero-order chi connectivity index (χ0) is 20.1. The van der Waals surface area contributed by atoms with Gasteiger partial charge in [0, 0.05) is 18.7 Å². The van der Waals surface area contributed by atoms with Crippen LogP contribution in [0.5, 0.6) is 5.75 Å². The summed E-state index contributed by atoms with van der Waals surface area (Å²) in [5, 5.41) is 7.70. The second-order valence-electron chi connectivity index (χ2n) is 6.45. The van der Waals surface area contributed by atoms with Crippen LogP contribution < -0.4 is 4.74 Å². The van der Waals surface area contributed by atoms with Crippen LogP contribution in [0.4, 0.5) is 13.2 Å². The molecule has 0 saturated carbocycles. The van der Waals surface area contributed by atoms with E-state index in [1.165, 1.54) is 11.2 Å². The molecular weight excluding hydrogens is 377 g/mol. The van der Waals surface area contributed by atoms with Crippen molar-refractivity contribution < 1.29 is 27.1 Å². The van der Waals surface area contributed by atoms with Gasteiger partial charge in [0.15, 0.2) is 5.82 Å². The zero-order valence-corrected chi connectivity index (χ0v) is 15.2. The zero-order valence-electron chi connectivity index (χ0n) is 15.2. The second kappa shape index (κ2) is 6.54. The molecule has 0 saturated heterocycles. The SMILES string of the molecule is CCOc1cc(C(=O)N2CCn3c(nnc3C(F)(F)F)C2C)cc2occc12. The van der Waals surface area contributed by atoms with Crippen molar-refractivity contribution in [2.45, 2.75) is 32.6 Å². The van der Waals surface area contributed by atoms with E-state index in [4.69, 9.17) is 9.15 Å². The summed E-state index contributed by atoms with van der Waals surface area (Å²) in [6, 6.07) is 4.32. The summed E-state index contributed by atoms with van der Waals surface area (Å²) in [5.41, 5.74) is 0.836. The number of fused-ring (bicyclic) bond motifs is 2. The Morgan fingerprint density at radius 3 is 2.82 bits per heavy atom. The Kier molecular flexibility index (Phi) is 4.28. The minimum Gasteiger partial charge on any atom is -0.493 e. The fourth-order valence-electron chi connectivity index (χ4n) is 3.47. The molecule has 0 spiro atoms. The van der Waals surface area contributed by atoms with E-state index < -0.39 is 18.0 Å². The maximum atomic E-state index is 13.1. The third-order valence-electron chi connectivity index (χ3n) is 4.78. The van der Waals surface area contributed by atoms with Crippen molar-refractivity contribution in [3.05, 3.63) is 41.7 Å². The van der Waals surface area contributed by atoms with Crippen LogP contribution in [0, 0.1) is 0 Å². The van der Waals surface area contributed by atoms with Gasteiger partial charge in [-0.05, 0) is 32.0 Å². The van der Waals surface area contributed by atoms with Crippen LogP contribution in [-0.4, -0.2) is 38.7 Å².